The van der Waals surface area contributed by atoms with E-state index < -0.39 is 33.5 Å². The zero-order valence-corrected chi connectivity index (χ0v) is 18.9. The molecule has 2 aliphatic rings. The number of hydrogen-bond donors (Lipinski definition) is 1. The molecule has 2 saturated heterocycles. The van der Waals surface area contributed by atoms with Crippen LogP contribution < -0.4 is 5.32 Å². The number of anilines is 1. The standard InChI is InChI=1S/C21H21ClF3N3O4S/c22-17-14-15(21(23,24)25)6-7-18(17)26-19(29)27-10-8-20(9-11-27)28(12-13-32-20)33(30,31)16-4-2-1-3-5-16/h1-7,14H,8-13H2,(H,26,29). The number of alkyl halides is 3. The van der Waals surface area contributed by atoms with Crippen molar-refractivity contribution in [3.8, 4) is 0 Å². The number of rotatable bonds is 3. The second-order valence-corrected chi connectivity index (χ2v) is 10.1. The Bertz CT molecular complexity index is 1140. The van der Waals surface area contributed by atoms with Crippen molar-refractivity contribution in [1.29, 1.82) is 0 Å². The molecular formula is C21H21ClF3N3O4S. The maximum atomic E-state index is 13.2. The Morgan fingerprint density at radius 2 is 1.73 bits per heavy atom. The molecule has 12 heteroatoms. The summed E-state index contributed by atoms with van der Waals surface area (Å²) in [6.07, 6.45) is -4.03. The predicted octanol–water partition coefficient (Wildman–Crippen LogP) is 4.40. The second kappa shape index (κ2) is 8.79. The molecule has 2 amide bonds. The zero-order valence-electron chi connectivity index (χ0n) is 17.3. The summed E-state index contributed by atoms with van der Waals surface area (Å²) in [4.78, 5) is 14.3. The Morgan fingerprint density at radius 3 is 2.33 bits per heavy atom. The van der Waals surface area contributed by atoms with E-state index >= 15 is 0 Å². The predicted molar refractivity (Wildman–Crippen MR) is 115 cm³/mol. The van der Waals surface area contributed by atoms with Gasteiger partial charge < -0.3 is 15.0 Å². The number of ether oxygens (including phenoxy) is 1. The van der Waals surface area contributed by atoms with Crippen molar-refractivity contribution >= 4 is 33.3 Å². The molecule has 0 radical (unpaired) electrons. The summed E-state index contributed by atoms with van der Waals surface area (Å²) in [5.74, 6) is 0. The first-order valence-corrected chi connectivity index (χ1v) is 12.0. The third-order valence-electron chi connectivity index (χ3n) is 5.82. The smallest absolute Gasteiger partial charge is 0.358 e. The van der Waals surface area contributed by atoms with E-state index in [9.17, 15) is 26.4 Å². The number of amides is 2. The lowest BCUT2D eigenvalue weighted by Crippen LogP contribution is -2.56. The summed E-state index contributed by atoms with van der Waals surface area (Å²) in [5, 5.41) is 2.29. The molecule has 7 nitrogen and oxygen atoms in total. The number of carbonyl (C=O) groups is 1. The summed E-state index contributed by atoms with van der Waals surface area (Å²) in [5.41, 5.74) is -1.90. The molecule has 0 aromatic heterocycles. The lowest BCUT2D eigenvalue weighted by molar-refractivity contribution is -0.137. The van der Waals surface area contributed by atoms with E-state index in [4.69, 9.17) is 16.3 Å². The van der Waals surface area contributed by atoms with Gasteiger partial charge in [0.2, 0.25) is 10.0 Å². The summed E-state index contributed by atoms with van der Waals surface area (Å²) in [7, 11) is -3.77. The van der Waals surface area contributed by atoms with Crippen molar-refractivity contribution in [3.63, 3.8) is 0 Å². The highest BCUT2D eigenvalue weighted by Gasteiger charge is 2.51. The number of halogens is 4. The molecule has 2 fully saturated rings. The maximum Gasteiger partial charge on any atom is 0.416 e. The van der Waals surface area contributed by atoms with Gasteiger partial charge in [0.25, 0.3) is 0 Å². The number of nitrogens with zero attached hydrogens (tertiary/aromatic N) is 2. The SMILES string of the molecule is O=C(Nc1ccc(C(F)(F)F)cc1Cl)N1CCC2(CC1)OCCN2S(=O)(=O)c1ccccc1. The van der Waals surface area contributed by atoms with Gasteiger partial charge in [0.1, 0.15) is 5.72 Å². The van der Waals surface area contributed by atoms with Crippen molar-refractivity contribution in [2.75, 3.05) is 31.6 Å². The molecule has 0 saturated carbocycles. The third kappa shape index (κ3) is 4.68. The van der Waals surface area contributed by atoms with Gasteiger partial charge >= 0.3 is 12.2 Å². The molecule has 33 heavy (non-hydrogen) atoms. The van der Waals surface area contributed by atoms with E-state index in [1.807, 2.05) is 0 Å². The molecule has 0 aliphatic carbocycles. The van der Waals surface area contributed by atoms with Gasteiger partial charge in [-0.1, -0.05) is 29.8 Å². The number of benzene rings is 2. The average molecular weight is 504 g/mol. The Morgan fingerprint density at radius 1 is 1.06 bits per heavy atom. The van der Waals surface area contributed by atoms with Crippen LogP contribution in [0.3, 0.4) is 0 Å². The van der Waals surface area contributed by atoms with Crippen molar-refractivity contribution in [1.82, 2.24) is 9.21 Å². The van der Waals surface area contributed by atoms with E-state index in [1.54, 1.807) is 18.2 Å². The maximum absolute atomic E-state index is 13.2. The number of sulfonamides is 1. The highest BCUT2D eigenvalue weighted by molar-refractivity contribution is 7.89. The molecule has 1 N–H and O–H groups in total. The van der Waals surface area contributed by atoms with E-state index in [-0.39, 0.29) is 54.7 Å². The highest BCUT2D eigenvalue weighted by atomic mass is 35.5. The molecule has 2 heterocycles. The van der Waals surface area contributed by atoms with Crippen LogP contribution in [-0.4, -0.2) is 55.6 Å². The largest absolute Gasteiger partial charge is 0.416 e. The minimum atomic E-state index is -4.54. The monoisotopic (exact) mass is 503 g/mol. The van der Waals surface area contributed by atoms with E-state index in [0.29, 0.717) is 0 Å². The van der Waals surface area contributed by atoms with Crippen LogP contribution in [0.5, 0.6) is 0 Å². The Balaban J connectivity index is 1.44. The van der Waals surface area contributed by atoms with Gasteiger partial charge in [-0.3, -0.25) is 0 Å². The number of hydrogen-bond acceptors (Lipinski definition) is 4. The van der Waals surface area contributed by atoms with Crippen LogP contribution in [0.2, 0.25) is 5.02 Å². The topological polar surface area (TPSA) is 79.0 Å². The Hall–Kier alpha value is -2.34. The van der Waals surface area contributed by atoms with Gasteiger partial charge in [-0.2, -0.15) is 17.5 Å². The van der Waals surface area contributed by atoms with E-state index in [0.717, 1.165) is 18.2 Å². The van der Waals surface area contributed by atoms with E-state index in [2.05, 4.69) is 5.32 Å². The number of piperidine rings is 1. The Kier molecular flexibility index (Phi) is 6.34. The highest BCUT2D eigenvalue weighted by Crippen LogP contribution is 2.39. The van der Waals surface area contributed by atoms with Crippen LogP contribution in [0, 0.1) is 0 Å². The van der Waals surface area contributed by atoms with Crippen LogP contribution in [0.4, 0.5) is 23.7 Å². The number of likely N-dealkylation sites (tertiary alicyclic amines) is 1. The van der Waals surface area contributed by atoms with Crippen molar-refractivity contribution in [2.24, 2.45) is 0 Å². The average Bonchev–Trinajstić information content (AvgIpc) is 3.19. The van der Waals surface area contributed by atoms with Gasteiger partial charge in [-0.25, -0.2) is 13.2 Å². The summed E-state index contributed by atoms with van der Waals surface area (Å²) in [6.45, 7) is 0.861. The van der Waals surface area contributed by atoms with Crippen LogP contribution in [-0.2, 0) is 20.9 Å². The van der Waals surface area contributed by atoms with Gasteiger partial charge in [0, 0.05) is 32.5 Å². The van der Waals surface area contributed by atoms with Crippen LogP contribution in [0.25, 0.3) is 0 Å². The molecule has 2 aliphatic heterocycles. The molecule has 0 bridgehead atoms. The first kappa shape index (κ1) is 23.8. The quantitative estimate of drug-likeness (QED) is 0.673. The molecule has 178 valence electrons. The molecule has 0 unspecified atom stereocenters. The van der Waals surface area contributed by atoms with Crippen molar-refractivity contribution in [3.05, 3.63) is 59.1 Å². The zero-order chi connectivity index (χ0) is 23.9. The van der Waals surface area contributed by atoms with Gasteiger partial charge in [-0.05, 0) is 30.3 Å². The van der Waals surface area contributed by atoms with Crippen molar-refractivity contribution in [2.45, 2.75) is 29.6 Å². The first-order chi connectivity index (χ1) is 15.5. The molecule has 2 aromatic rings. The van der Waals surface area contributed by atoms with Gasteiger partial charge in [0.05, 0.1) is 27.8 Å². The normalized spacial score (nSPS) is 19.1. The minimum absolute atomic E-state index is 0.0559. The lowest BCUT2D eigenvalue weighted by Gasteiger charge is -2.42. The van der Waals surface area contributed by atoms with Crippen LogP contribution in [0.15, 0.2) is 53.4 Å². The Labute approximate surface area is 194 Å². The molecule has 0 atom stereocenters. The van der Waals surface area contributed by atoms with Gasteiger partial charge in [-0.15, -0.1) is 0 Å². The van der Waals surface area contributed by atoms with Crippen LogP contribution in [0.1, 0.15) is 18.4 Å². The number of urea groups is 1. The summed E-state index contributed by atoms with van der Waals surface area (Å²) in [6, 6.07) is 10.2. The minimum Gasteiger partial charge on any atom is -0.358 e. The third-order valence-corrected chi connectivity index (χ3v) is 8.10. The van der Waals surface area contributed by atoms with Crippen LogP contribution >= 0.6 is 11.6 Å². The van der Waals surface area contributed by atoms with Gasteiger partial charge in [0.15, 0.2) is 0 Å². The summed E-state index contributed by atoms with van der Waals surface area (Å²) >= 11 is 5.92. The van der Waals surface area contributed by atoms with E-state index in [1.165, 1.54) is 21.3 Å². The fraction of sp³-hybridized carbons (Fsp3) is 0.381. The fourth-order valence-electron chi connectivity index (χ4n) is 4.09. The number of carbonyl (C=O) groups excluding carboxylic acids is 1. The fourth-order valence-corrected chi connectivity index (χ4v) is 6.06. The molecule has 4 rings (SSSR count). The molecular weight excluding hydrogens is 483 g/mol. The van der Waals surface area contributed by atoms with Crippen molar-refractivity contribution < 1.29 is 31.1 Å². The lowest BCUT2D eigenvalue weighted by atomic mass is 10.0. The second-order valence-electron chi connectivity index (χ2n) is 7.79. The molecule has 2 aromatic carbocycles. The summed E-state index contributed by atoms with van der Waals surface area (Å²) < 4.78 is 72.0. The number of nitrogens with one attached hydrogen (secondary N) is 1. The molecule has 1 spiro atoms. The first-order valence-electron chi connectivity index (χ1n) is 10.2.